The molecule has 0 aliphatic heterocycles. The normalized spacial score (nSPS) is 12.6. The van der Waals surface area contributed by atoms with E-state index in [1.165, 1.54) is 0 Å². The molecule has 0 radical (unpaired) electrons. The van der Waals surface area contributed by atoms with Crippen molar-refractivity contribution in [2.24, 2.45) is 0 Å². The van der Waals surface area contributed by atoms with Crippen LogP contribution >= 0.6 is 0 Å². The lowest BCUT2D eigenvalue weighted by atomic mass is 10.3. The van der Waals surface area contributed by atoms with Gasteiger partial charge in [-0.2, -0.15) is 4.98 Å². The third-order valence-electron chi connectivity index (χ3n) is 2.56. The number of nitrogens with two attached hydrogens (primary N) is 1. The predicted octanol–water partition coefficient (Wildman–Crippen LogP) is 1.03. The maximum absolute atomic E-state index is 5.81. The zero-order chi connectivity index (χ0) is 12.1. The predicted molar refractivity (Wildman–Crippen MR) is 66.8 cm³/mol. The second-order valence-corrected chi connectivity index (χ2v) is 3.98. The Morgan fingerprint density at radius 3 is 2.75 bits per heavy atom. The minimum Gasteiger partial charge on any atom is -0.481 e. The summed E-state index contributed by atoms with van der Waals surface area (Å²) in [5, 5.41) is 3.21. The van der Waals surface area contributed by atoms with Gasteiger partial charge in [0.05, 0.1) is 12.8 Å². The number of nitrogens with zero attached hydrogens (tertiary/aromatic N) is 2. The number of ether oxygens (including phenoxy) is 1. The number of anilines is 2. The molecule has 0 aromatic carbocycles. The summed E-state index contributed by atoms with van der Waals surface area (Å²) < 4.78 is 5.05. The Morgan fingerprint density at radius 2 is 2.19 bits per heavy atom. The number of hydrogen-bond donors (Lipinski definition) is 2. The van der Waals surface area contributed by atoms with E-state index in [2.05, 4.69) is 22.1 Å². The van der Waals surface area contributed by atoms with Crippen LogP contribution < -0.4 is 15.8 Å². The number of pyridine rings is 1. The molecule has 90 valence electrons. The summed E-state index contributed by atoms with van der Waals surface area (Å²) in [4.78, 5) is 6.37. The van der Waals surface area contributed by atoms with Crippen molar-refractivity contribution in [3.05, 3.63) is 12.1 Å². The molecule has 5 heteroatoms. The largest absolute Gasteiger partial charge is 0.481 e. The Balaban J connectivity index is 2.65. The van der Waals surface area contributed by atoms with Crippen LogP contribution in [0.5, 0.6) is 5.88 Å². The van der Waals surface area contributed by atoms with Crippen LogP contribution in [0.15, 0.2) is 12.1 Å². The fraction of sp³-hybridized carbons (Fsp3) is 0.545. The van der Waals surface area contributed by atoms with E-state index in [-0.39, 0.29) is 0 Å². The lowest BCUT2D eigenvalue weighted by Gasteiger charge is -2.20. The Hall–Kier alpha value is -1.49. The topological polar surface area (TPSA) is 63.4 Å². The number of likely N-dealkylation sites (N-methyl/N-ethyl adjacent to an activating group) is 1. The highest BCUT2D eigenvalue weighted by molar-refractivity contribution is 5.61. The van der Waals surface area contributed by atoms with Crippen molar-refractivity contribution in [2.45, 2.75) is 13.0 Å². The zero-order valence-electron chi connectivity index (χ0n) is 10.3. The van der Waals surface area contributed by atoms with E-state index in [1.807, 2.05) is 14.1 Å². The van der Waals surface area contributed by atoms with Crippen LogP contribution in [0.2, 0.25) is 0 Å². The number of hydrogen-bond acceptors (Lipinski definition) is 5. The molecule has 1 heterocycles. The SMILES string of the molecule is COc1ccc(N)c(NCC(C)N(C)C)n1. The molecule has 1 atom stereocenters. The van der Waals surface area contributed by atoms with Gasteiger partial charge in [-0.05, 0) is 27.1 Å². The molecule has 0 saturated carbocycles. The summed E-state index contributed by atoms with van der Waals surface area (Å²) in [5.41, 5.74) is 6.44. The highest BCUT2D eigenvalue weighted by Gasteiger charge is 2.07. The molecule has 16 heavy (non-hydrogen) atoms. The van der Waals surface area contributed by atoms with E-state index in [1.54, 1.807) is 19.2 Å². The fourth-order valence-electron chi connectivity index (χ4n) is 1.13. The quantitative estimate of drug-likeness (QED) is 0.782. The van der Waals surface area contributed by atoms with Gasteiger partial charge >= 0.3 is 0 Å². The summed E-state index contributed by atoms with van der Waals surface area (Å²) in [7, 11) is 5.66. The monoisotopic (exact) mass is 224 g/mol. The third-order valence-corrected chi connectivity index (χ3v) is 2.56. The van der Waals surface area contributed by atoms with Gasteiger partial charge in [0.15, 0.2) is 5.82 Å². The molecule has 0 fully saturated rings. The van der Waals surface area contributed by atoms with Crippen molar-refractivity contribution in [1.82, 2.24) is 9.88 Å². The number of nitrogens with one attached hydrogen (secondary N) is 1. The summed E-state index contributed by atoms with van der Waals surface area (Å²) in [6.45, 7) is 2.92. The van der Waals surface area contributed by atoms with E-state index in [0.717, 1.165) is 6.54 Å². The molecule has 1 unspecified atom stereocenters. The zero-order valence-corrected chi connectivity index (χ0v) is 10.3. The van der Waals surface area contributed by atoms with Crippen molar-refractivity contribution in [1.29, 1.82) is 0 Å². The average Bonchev–Trinajstić information content (AvgIpc) is 2.27. The van der Waals surface area contributed by atoms with E-state index >= 15 is 0 Å². The van der Waals surface area contributed by atoms with Gasteiger partial charge in [-0.1, -0.05) is 0 Å². The molecule has 3 N–H and O–H groups in total. The van der Waals surface area contributed by atoms with Gasteiger partial charge in [0, 0.05) is 18.7 Å². The number of aromatic nitrogens is 1. The molecular weight excluding hydrogens is 204 g/mol. The van der Waals surface area contributed by atoms with E-state index < -0.39 is 0 Å². The van der Waals surface area contributed by atoms with Gasteiger partial charge in [-0.25, -0.2) is 0 Å². The van der Waals surface area contributed by atoms with Gasteiger partial charge in [-0.15, -0.1) is 0 Å². The second-order valence-electron chi connectivity index (χ2n) is 3.98. The molecule has 0 spiro atoms. The summed E-state index contributed by atoms with van der Waals surface area (Å²) >= 11 is 0. The first kappa shape index (κ1) is 12.6. The molecule has 5 nitrogen and oxygen atoms in total. The molecule has 0 aliphatic carbocycles. The summed E-state index contributed by atoms with van der Waals surface area (Å²) in [5.74, 6) is 1.24. The maximum atomic E-state index is 5.81. The van der Waals surface area contributed by atoms with Crippen molar-refractivity contribution in [3.63, 3.8) is 0 Å². The smallest absolute Gasteiger partial charge is 0.215 e. The Bertz CT molecular complexity index is 341. The molecule has 1 aromatic heterocycles. The van der Waals surface area contributed by atoms with Gasteiger partial charge in [0.1, 0.15) is 0 Å². The first-order chi connectivity index (χ1) is 7.54. The Kier molecular flexibility index (Phi) is 4.37. The Labute approximate surface area is 96.6 Å². The summed E-state index contributed by atoms with van der Waals surface area (Å²) in [6.07, 6.45) is 0. The highest BCUT2D eigenvalue weighted by atomic mass is 16.5. The minimum atomic E-state index is 0.410. The van der Waals surface area contributed by atoms with Crippen molar-refractivity contribution in [3.8, 4) is 5.88 Å². The molecule has 0 amide bonds. The van der Waals surface area contributed by atoms with Crippen LogP contribution in [-0.4, -0.2) is 43.7 Å². The summed E-state index contributed by atoms with van der Waals surface area (Å²) in [6, 6.07) is 3.94. The van der Waals surface area contributed by atoms with Gasteiger partial charge in [-0.3, -0.25) is 0 Å². The molecular formula is C11H20N4O. The fourth-order valence-corrected chi connectivity index (χ4v) is 1.13. The van der Waals surface area contributed by atoms with Crippen molar-refractivity contribution >= 4 is 11.5 Å². The standard InChI is InChI=1S/C11H20N4O/c1-8(15(2)3)7-13-11-9(12)5-6-10(14-11)16-4/h5-6,8H,7,12H2,1-4H3,(H,13,14). The molecule has 0 aliphatic rings. The van der Waals surface area contributed by atoms with E-state index in [4.69, 9.17) is 10.5 Å². The lowest BCUT2D eigenvalue weighted by molar-refractivity contribution is 0.326. The molecule has 0 bridgehead atoms. The molecule has 1 rings (SSSR count). The number of methoxy groups -OCH3 is 1. The van der Waals surface area contributed by atoms with Crippen molar-refractivity contribution in [2.75, 3.05) is 38.8 Å². The highest BCUT2D eigenvalue weighted by Crippen LogP contribution is 2.19. The van der Waals surface area contributed by atoms with Crippen LogP contribution in [0.4, 0.5) is 11.5 Å². The van der Waals surface area contributed by atoms with E-state index in [0.29, 0.717) is 23.4 Å². The van der Waals surface area contributed by atoms with E-state index in [9.17, 15) is 0 Å². The van der Waals surface area contributed by atoms with Gasteiger partial charge in [0.2, 0.25) is 5.88 Å². The maximum Gasteiger partial charge on any atom is 0.215 e. The lowest BCUT2D eigenvalue weighted by Crippen LogP contribution is -2.31. The first-order valence-electron chi connectivity index (χ1n) is 5.25. The second kappa shape index (κ2) is 5.55. The van der Waals surface area contributed by atoms with Crippen LogP contribution in [0.1, 0.15) is 6.92 Å². The van der Waals surface area contributed by atoms with Crippen LogP contribution in [-0.2, 0) is 0 Å². The molecule has 0 saturated heterocycles. The van der Waals surface area contributed by atoms with Gasteiger partial charge < -0.3 is 20.7 Å². The van der Waals surface area contributed by atoms with Crippen LogP contribution in [0, 0.1) is 0 Å². The minimum absolute atomic E-state index is 0.410. The first-order valence-corrected chi connectivity index (χ1v) is 5.25. The average molecular weight is 224 g/mol. The Morgan fingerprint density at radius 1 is 1.50 bits per heavy atom. The number of rotatable bonds is 5. The van der Waals surface area contributed by atoms with Crippen molar-refractivity contribution < 1.29 is 4.74 Å². The number of nitrogen functional groups attached to an aromatic ring is 1. The van der Waals surface area contributed by atoms with Crippen LogP contribution in [0.3, 0.4) is 0 Å². The van der Waals surface area contributed by atoms with Gasteiger partial charge in [0.25, 0.3) is 0 Å². The third kappa shape index (κ3) is 3.27. The van der Waals surface area contributed by atoms with Crippen LogP contribution in [0.25, 0.3) is 0 Å². The molecule has 1 aromatic rings.